The lowest BCUT2D eigenvalue weighted by Gasteiger charge is -2.09. The number of halogens is 1. The lowest BCUT2D eigenvalue weighted by atomic mass is 10.1. The van der Waals surface area contributed by atoms with E-state index >= 15 is 0 Å². The molecule has 2 aromatic heterocycles. The molecule has 4 rings (SSSR count). The molecule has 2 heterocycles. The van der Waals surface area contributed by atoms with Crippen molar-refractivity contribution in [2.75, 3.05) is 0 Å². The van der Waals surface area contributed by atoms with Crippen LogP contribution in [-0.2, 0) is 0 Å². The molecule has 3 aromatic rings. The highest BCUT2D eigenvalue weighted by atomic mass is 35.5. The number of carbonyl (C=O) groups is 1. The molecule has 0 bridgehead atoms. The Morgan fingerprint density at radius 2 is 2.08 bits per heavy atom. The summed E-state index contributed by atoms with van der Waals surface area (Å²) in [7, 11) is 0. The van der Waals surface area contributed by atoms with Gasteiger partial charge in [0.15, 0.2) is 5.65 Å². The Hall–Kier alpha value is -2.40. The molecule has 0 unspecified atom stereocenters. The van der Waals surface area contributed by atoms with Gasteiger partial charge in [-0.15, -0.1) is 0 Å². The molecule has 24 heavy (non-hydrogen) atoms. The van der Waals surface area contributed by atoms with Gasteiger partial charge in [0.05, 0.1) is 22.3 Å². The maximum atomic E-state index is 11.7. The highest BCUT2D eigenvalue weighted by Gasteiger charge is 2.29. The van der Waals surface area contributed by atoms with Crippen molar-refractivity contribution in [3.05, 3.63) is 51.8 Å². The molecule has 1 aromatic carbocycles. The molecule has 6 heteroatoms. The van der Waals surface area contributed by atoms with Crippen molar-refractivity contribution >= 4 is 28.6 Å². The fourth-order valence-electron chi connectivity index (χ4n) is 3.06. The molecule has 0 aliphatic heterocycles. The summed E-state index contributed by atoms with van der Waals surface area (Å²) in [6.45, 7) is 3.73. The molecule has 1 aliphatic rings. The molecule has 1 fully saturated rings. The first kappa shape index (κ1) is 15.1. The van der Waals surface area contributed by atoms with Gasteiger partial charge in [0.25, 0.3) is 0 Å². The van der Waals surface area contributed by atoms with Gasteiger partial charge in [-0.25, -0.2) is 14.5 Å². The first-order chi connectivity index (χ1) is 11.5. The van der Waals surface area contributed by atoms with Crippen molar-refractivity contribution < 1.29 is 9.90 Å². The molecule has 0 atom stereocenters. The van der Waals surface area contributed by atoms with Crippen LogP contribution in [0, 0.1) is 13.8 Å². The van der Waals surface area contributed by atoms with Gasteiger partial charge in [-0.1, -0.05) is 17.7 Å². The van der Waals surface area contributed by atoms with Crippen LogP contribution in [0.15, 0.2) is 24.3 Å². The number of rotatable bonds is 3. The molecular formula is C18H16ClN3O2. The zero-order chi connectivity index (χ0) is 17.0. The van der Waals surface area contributed by atoms with E-state index in [2.05, 4.69) is 5.10 Å². The van der Waals surface area contributed by atoms with Crippen LogP contribution in [0.4, 0.5) is 0 Å². The number of benzene rings is 1. The van der Waals surface area contributed by atoms with Crippen molar-refractivity contribution in [1.82, 2.24) is 14.8 Å². The standard InChI is InChI=1S/C18H16ClN3O2/c1-9-13(19)4-3-5-15(9)22-17-16(10(2)21-22)12(18(23)24)8-14(20-17)11-6-7-11/h3-5,8,11H,6-7H2,1-2H3,(H,23,24). The third-order valence-electron chi connectivity index (χ3n) is 4.53. The first-order valence-corrected chi connectivity index (χ1v) is 8.24. The topological polar surface area (TPSA) is 68.0 Å². The lowest BCUT2D eigenvalue weighted by molar-refractivity contribution is 0.0698. The van der Waals surface area contributed by atoms with Crippen molar-refractivity contribution in [2.45, 2.75) is 32.6 Å². The SMILES string of the molecule is Cc1c(Cl)cccc1-n1nc(C)c2c(C(=O)O)cc(C3CC3)nc21. The van der Waals surface area contributed by atoms with Crippen molar-refractivity contribution in [3.8, 4) is 5.69 Å². The summed E-state index contributed by atoms with van der Waals surface area (Å²) < 4.78 is 1.71. The summed E-state index contributed by atoms with van der Waals surface area (Å²) in [5.41, 5.74) is 4.04. The van der Waals surface area contributed by atoms with Crippen LogP contribution >= 0.6 is 11.6 Å². The molecule has 1 saturated carbocycles. The molecule has 122 valence electrons. The van der Waals surface area contributed by atoms with Gasteiger partial charge in [0.2, 0.25) is 0 Å². The van der Waals surface area contributed by atoms with E-state index in [1.807, 2.05) is 32.0 Å². The molecule has 1 N–H and O–H groups in total. The number of aryl methyl sites for hydroxylation is 1. The van der Waals surface area contributed by atoms with Gasteiger partial charge in [0.1, 0.15) is 0 Å². The maximum Gasteiger partial charge on any atom is 0.336 e. The highest BCUT2D eigenvalue weighted by Crippen LogP contribution is 2.40. The first-order valence-electron chi connectivity index (χ1n) is 7.86. The molecule has 0 radical (unpaired) electrons. The average Bonchev–Trinajstić information content (AvgIpc) is 3.34. The minimum atomic E-state index is -0.949. The minimum absolute atomic E-state index is 0.269. The van der Waals surface area contributed by atoms with E-state index in [1.165, 1.54) is 0 Å². The predicted molar refractivity (Wildman–Crippen MR) is 92.3 cm³/mol. The number of aromatic nitrogens is 3. The van der Waals surface area contributed by atoms with E-state index < -0.39 is 5.97 Å². The number of aromatic carboxylic acids is 1. The Morgan fingerprint density at radius 3 is 2.75 bits per heavy atom. The van der Waals surface area contributed by atoms with Gasteiger partial charge in [-0.2, -0.15) is 5.10 Å². The van der Waals surface area contributed by atoms with Crippen LogP contribution in [0.1, 0.15) is 46.1 Å². The molecule has 1 aliphatic carbocycles. The van der Waals surface area contributed by atoms with E-state index in [-0.39, 0.29) is 5.56 Å². The third-order valence-corrected chi connectivity index (χ3v) is 4.94. The zero-order valence-corrected chi connectivity index (χ0v) is 14.1. The number of carboxylic acid groups (broad SMARTS) is 1. The number of pyridine rings is 1. The Kier molecular flexibility index (Phi) is 3.35. The number of hydrogen-bond acceptors (Lipinski definition) is 3. The van der Waals surface area contributed by atoms with Crippen LogP contribution in [-0.4, -0.2) is 25.8 Å². The zero-order valence-electron chi connectivity index (χ0n) is 13.4. The Bertz CT molecular complexity index is 990. The van der Waals surface area contributed by atoms with Crippen LogP contribution < -0.4 is 0 Å². The Labute approximate surface area is 143 Å². The summed E-state index contributed by atoms with van der Waals surface area (Å²) in [5, 5.41) is 15.4. The summed E-state index contributed by atoms with van der Waals surface area (Å²) >= 11 is 6.24. The van der Waals surface area contributed by atoms with Crippen molar-refractivity contribution in [1.29, 1.82) is 0 Å². The lowest BCUT2D eigenvalue weighted by Crippen LogP contribution is -2.04. The summed E-state index contributed by atoms with van der Waals surface area (Å²) in [6.07, 6.45) is 2.11. The van der Waals surface area contributed by atoms with Crippen LogP contribution in [0.25, 0.3) is 16.7 Å². The fourth-order valence-corrected chi connectivity index (χ4v) is 3.23. The summed E-state index contributed by atoms with van der Waals surface area (Å²) in [5.74, 6) is -0.591. The van der Waals surface area contributed by atoms with Gasteiger partial charge in [-0.05, 0) is 50.5 Å². The molecular weight excluding hydrogens is 326 g/mol. The molecule has 0 saturated heterocycles. The second kappa shape index (κ2) is 5.31. The summed E-state index contributed by atoms with van der Waals surface area (Å²) in [6, 6.07) is 7.30. The number of fused-ring (bicyclic) bond motifs is 1. The van der Waals surface area contributed by atoms with Crippen molar-refractivity contribution in [2.24, 2.45) is 0 Å². The third kappa shape index (κ3) is 2.27. The highest BCUT2D eigenvalue weighted by molar-refractivity contribution is 6.31. The van der Waals surface area contributed by atoms with Gasteiger partial charge < -0.3 is 5.11 Å². The average molecular weight is 342 g/mol. The largest absolute Gasteiger partial charge is 0.478 e. The number of hydrogen-bond donors (Lipinski definition) is 1. The quantitative estimate of drug-likeness (QED) is 0.772. The van der Waals surface area contributed by atoms with E-state index in [0.717, 1.165) is 29.8 Å². The van der Waals surface area contributed by atoms with Gasteiger partial charge >= 0.3 is 5.97 Å². The Balaban J connectivity index is 2.07. The second-order valence-corrected chi connectivity index (χ2v) is 6.66. The van der Waals surface area contributed by atoms with E-state index in [9.17, 15) is 9.90 Å². The number of carboxylic acids is 1. The second-order valence-electron chi connectivity index (χ2n) is 6.25. The van der Waals surface area contributed by atoms with Gasteiger partial charge in [-0.3, -0.25) is 0 Å². The number of nitrogens with zero attached hydrogens (tertiary/aromatic N) is 3. The normalized spacial score (nSPS) is 14.3. The van der Waals surface area contributed by atoms with Crippen LogP contribution in [0.2, 0.25) is 5.02 Å². The van der Waals surface area contributed by atoms with E-state index in [4.69, 9.17) is 16.6 Å². The molecule has 0 amide bonds. The van der Waals surface area contributed by atoms with Crippen molar-refractivity contribution in [3.63, 3.8) is 0 Å². The Morgan fingerprint density at radius 1 is 1.33 bits per heavy atom. The monoisotopic (exact) mass is 341 g/mol. The minimum Gasteiger partial charge on any atom is -0.478 e. The maximum absolute atomic E-state index is 11.7. The van der Waals surface area contributed by atoms with E-state index in [0.29, 0.717) is 27.7 Å². The predicted octanol–water partition coefficient (Wildman–Crippen LogP) is 4.27. The fraction of sp³-hybridized carbons (Fsp3) is 0.278. The molecule has 0 spiro atoms. The van der Waals surface area contributed by atoms with Crippen LogP contribution in [0.5, 0.6) is 0 Å². The van der Waals surface area contributed by atoms with E-state index in [1.54, 1.807) is 10.7 Å². The van der Waals surface area contributed by atoms with Crippen LogP contribution in [0.3, 0.4) is 0 Å². The van der Waals surface area contributed by atoms with Gasteiger partial charge in [0, 0.05) is 16.6 Å². The molecule has 5 nitrogen and oxygen atoms in total. The smallest absolute Gasteiger partial charge is 0.336 e. The summed E-state index contributed by atoms with van der Waals surface area (Å²) in [4.78, 5) is 16.5.